The van der Waals surface area contributed by atoms with Crippen molar-refractivity contribution in [3.63, 3.8) is 0 Å². The number of pyridine rings is 1. The van der Waals surface area contributed by atoms with Crippen molar-refractivity contribution in [2.45, 2.75) is 39.3 Å². The Labute approximate surface area is 203 Å². The molecule has 176 valence electrons. The molecule has 0 aliphatic carbocycles. The molecule has 3 aromatic heterocycles. The number of nitrogens with zero attached hydrogens (tertiary/aromatic N) is 4. The van der Waals surface area contributed by atoms with Crippen molar-refractivity contribution in [3.05, 3.63) is 112 Å². The van der Waals surface area contributed by atoms with Gasteiger partial charge in [0, 0.05) is 17.8 Å². The first-order chi connectivity index (χ1) is 17.0. The second-order valence-electron chi connectivity index (χ2n) is 8.75. The summed E-state index contributed by atoms with van der Waals surface area (Å²) in [6.07, 6.45) is 3.40. The van der Waals surface area contributed by atoms with Crippen molar-refractivity contribution in [2.75, 3.05) is 0 Å². The van der Waals surface area contributed by atoms with Crippen molar-refractivity contribution < 1.29 is 4.79 Å². The van der Waals surface area contributed by atoms with E-state index in [9.17, 15) is 9.59 Å². The van der Waals surface area contributed by atoms with Gasteiger partial charge >= 0.3 is 0 Å². The Bertz CT molecular complexity index is 1570. The Morgan fingerprint density at radius 2 is 1.77 bits per heavy atom. The first-order valence-corrected chi connectivity index (χ1v) is 11.8. The average molecular weight is 466 g/mol. The van der Waals surface area contributed by atoms with Crippen LogP contribution in [0.1, 0.15) is 53.2 Å². The van der Waals surface area contributed by atoms with E-state index in [0.29, 0.717) is 23.4 Å². The first-order valence-electron chi connectivity index (χ1n) is 11.8. The van der Waals surface area contributed by atoms with Crippen LogP contribution in [0.3, 0.4) is 0 Å². The second kappa shape index (κ2) is 9.54. The average Bonchev–Trinajstić information content (AvgIpc) is 3.23. The maximum absolute atomic E-state index is 13.0. The lowest BCUT2D eigenvalue weighted by Gasteiger charge is -2.20. The van der Waals surface area contributed by atoms with Gasteiger partial charge in [0.2, 0.25) is 0 Å². The Kier molecular flexibility index (Phi) is 6.14. The van der Waals surface area contributed by atoms with Crippen molar-refractivity contribution >= 4 is 22.6 Å². The normalized spacial score (nSPS) is 12.2. The zero-order valence-electron chi connectivity index (χ0n) is 19.8. The van der Waals surface area contributed by atoms with E-state index in [1.807, 2.05) is 61.5 Å². The van der Waals surface area contributed by atoms with Gasteiger partial charge in [-0.3, -0.25) is 14.0 Å². The molecule has 0 radical (unpaired) electrons. The minimum Gasteiger partial charge on any atom is -0.342 e. The number of hydrogen-bond donors (Lipinski definition) is 1. The standard InChI is InChI=1S/C28H27N5O2/c1-3-9-23(31-28(35)20-10-5-4-6-11-20)27-30-22-12-7-8-13-24(22)32(27)18-21-16-26(34)33-17-19(2)14-15-25(33)29-21/h4-8,10-17,23H,3,9,18H2,1-2H3,(H,31,35)/t23-/m1/s1. The fourth-order valence-corrected chi connectivity index (χ4v) is 4.41. The second-order valence-corrected chi connectivity index (χ2v) is 8.75. The lowest BCUT2D eigenvalue weighted by Crippen LogP contribution is -2.31. The van der Waals surface area contributed by atoms with E-state index in [-0.39, 0.29) is 17.5 Å². The molecule has 0 saturated heterocycles. The highest BCUT2D eigenvalue weighted by molar-refractivity contribution is 5.94. The SMILES string of the molecule is CCC[C@@H](NC(=O)c1ccccc1)c1nc2ccccc2n1Cc1cc(=O)n2cc(C)ccc2n1. The molecule has 2 aromatic carbocycles. The highest BCUT2D eigenvalue weighted by Crippen LogP contribution is 2.25. The molecule has 35 heavy (non-hydrogen) atoms. The van der Waals surface area contributed by atoms with Gasteiger partial charge in [-0.15, -0.1) is 0 Å². The Hall–Kier alpha value is -4.26. The summed E-state index contributed by atoms with van der Waals surface area (Å²) in [5, 5.41) is 3.18. The maximum Gasteiger partial charge on any atom is 0.258 e. The summed E-state index contributed by atoms with van der Waals surface area (Å²) in [7, 11) is 0. The number of imidazole rings is 1. The van der Waals surface area contributed by atoms with E-state index in [4.69, 9.17) is 9.97 Å². The summed E-state index contributed by atoms with van der Waals surface area (Å²) >= 11 is 0. The third kappa shape index (κ3) is 4.57. The number of carbonyl (C=O) groups is 1. The van der Waals surface area contributed by atoms with Crippen LogP contribution in [0.2, 0.25) is 0 Å². The first kappa shape index (κ1) is 22.5. The van der Waals surface area contributed by atoms with E-state index in [0.717, 1.165) is 35.3 Å². The minimum absolute atomic E-state index is 0.123. The number of benzene rings is 2. The number of aryl methyl sites for hydroxylation is 1. The predicted octanol–water partition coefficient (Wildman–Crippen LogP) is 4.67. The molecule has 1 N–H and O–H groups in total. The Morgan fingerprint density at radius 1 is 1.00 bits per heavy atom. The predicted molar refractivity (Wildman–Crippen MR) is 137 cm³/mol. The summed E-state index contributed by atoms with van der Waals surface area (Å²) in [5.74, 6) is 0.614. The van der Waals surface area contributed by atoms with Crippen LogP contribution in [-0.2, 0) is 6.54 Å². The number of hydrogen-bond acceptors (Lipinski definition) is 4. The molecule has 7 heteroatoms. The van der Waals surface area contributed by atoms with Gasteiger partial charge in [0.25, 0.3) is 11.5 Å². The lowest BCUT2D eigenvalue weighted by atomic mass is 10.1. The molecule has 0 unspecified atom stereocenters. The third-order valence-corrected chi connectivity index (χ3v) is 6.10. The number of fused-ring (bicyclic) bond motifs is 2. The van der Waals surface area contributed by atoms with Crippen LogP contribution < -0.4 is 10.9 Å². The fraction of sp³-hybridized carbons (Fsp3) is 0.214. The van der Waals surface area contributed by atoms with Crippen LogP contribution in [0.4, 0.5) is 0 Å². The highest BCUT2D eigenvalue weighted by atomic mass is 16.1. The monoisotopic (exact) mass is 465 g/mol. The van der Waals surface area contributed by atoms with Crippen molar-refractivity contribution in [1.82, 2.24) is 24.3 Å². The van der Waals surface area contributed by atoms with E-state index in [1.54, 1.807) is 28.8 Å². The minimum atomic E-state index is -0.288. The van der Waals surface area contributed by atoms with Crippen LogP contribution in [-0.4, -0.2) is 24.8 Å². The number of amides is 1. The number of rotatable bonds is 7. The van der Waals surface area contributed by atoms with E-state index in [1.165, 1.54) is 0 Å². The van der Waals surface area contributed by atoms with Gasteiger partial charge in [-0.1, -0.05) is 49.7 Å². The lowest BCUT2D eigenvalue weighted by molar-refractivity contribution is 0.0932. The van der Waals surface area contributed by atoms with Crippen molar-refractivity contribution in [1.29, 1.82) is 0 Å². The largest absolute Gasteiger partial charge is 0.342 e. The molecule has 0 saturated carbocycles. The zero-order chi connectivity index (χ0) is 24.4. The summed E-state index contributed by atoms with van der Waals surface area (Å²) in [6, 6.07) is 22.2. The summed E-state index contributed by atoms with van der Waals surface area (Å²) in [5.41, 5.74) is 4.50. The van der Waals surface area contributed by atoms with Crippen molar-refractivity contribution in [2.24, 2.45) is 0 Å². The van der Waals surface area contributed by atoms with Gasteiger partial charge < -0.3 is 9.88 Å². The van der Waals surface area contributed by atoms with Gasteiger partial charge in [0.15, 0.2) is 0 Å². The fourth-order valence-electron chi connectivity index (χ4n) is 4.41. The number of aromatic nitrogens is 4. The van der Waals surface area contributed by atoms with Gasteiger partial charge in [-0.05, 0) is 49.2 Å². The molecule has 0 aliphatic heterocycles. The van der Waals surface area contributed by atoms with Crippen LogP contribution >= 0.6 is 0 Å². The van der Waals surface area contributed by atoms with E-state index < -0.39 is 0 Å². The summed E-state index contributed by atoms with van der Waals surface area (Å²) in [6.45, 7) is 4.40. The molecule has 5 aromatic rings. The summed E-state index contributed by atoms with van der Waals surface area (Å²) < 4.78 is 3.62. The van der Waals surface area contributed by atoms with Crippen LogP contribution in [0.15, 0.2) is 83.8 Å². The molecule has 0 bridgehead atoms. The quantitative estimate of drug-likeness (QED) is 0.379. The zero-order valence-corrected chi connectivity index (χ0v) is 19.8. The molecule has 1 amide bonds. The summed E-state index contributed by atoms with van der Waals surface area (Å²) in [4.78, 5) is 35.5. The Morgan fingerprint density at radius 3 is 2.57 bits per heavy atom. The molecule has 1 atom stereocenters. The topological polar surface area (TPSA) is 81.3 Å². The molecule has 0 aliphatic rings. The third-order valence-electron chi connectivity index (χ3n) is 6.10. The molecule has 3 heterocycles. The number of carbonyl (C=O) groups excluding carboxylic acids is 1. The molecular weight excluding hydrogens is 438 g/mol. The molecule has 7 nitrogen and oxygen atoms in total. The molecule has 0 fully saturated rings. The van der Waals surface area contributed by atoms with Crippen LogP contribution in [0.25, 0.3) is 16.7 Å². The van der Waals surface area contributed by atoms with Crippen molar-refractivity contribution in [3.8, 4) is 0 Å². The number of nitrogens with one attached hydrogen (secondary N) is 1. The molecular formula is C28H27N5O2. The van der Waals surface area contributed by atoms with E-state index in [2.05, 4.69) is 16.8 Å². The van der Waals surface area contributed by atoms with Gasteiger partial charge in [-0.25, -0.2) is 9.97 Å². The van der Waals surface area contributed by atoms with Gasteiger partial charge in [0.05, 0.1) is 29.3 Å². The number of para-hydroxylation sites is 2. The highest BCUT2D eigenvalue weighted by Gasteiger charge is 2.23. The molecule has 0 spiro atoms. The van der Waals surface area contributed by atoms with Crippen LogP contribution in [0.5, 0.6) is 0 Å². The maximum atomic E-state index is 13.0. The van der Waals surface area contributed by atoms with E-state index >= 15 is 0 Å². The smallest absolute Gasteiger partial charge is 0.258 e. The molecule has 5 rings (SSSR count). The Balaban J connectivity index is 1.57. The van der Waals surface area contributed by atoms with Gasteiger partial charge in [0.1, 0.15) is 11.5 Å². The van der Waals surface area contributed by atoms with Crippen LogP contribution in [0, 0.1) is 6.92 Å². The van der Waals surface area contributed by atoms with Gasteiger partial charge in [-0.2, -0.15) is 0 Å².